The van der Waals surface area contributed by atoms with E-state index in [9.17, 15) is 14.4 Å². The number of aryl methyl sites for hydroxylation is 1. The van der Waals surface area contributed by atoms with Gasteiger partial charge in [-0.3, -0.25) is 14.4 Å². The summed E-state index contributed by atoms with van der Waals surface area (Å²) in [5, 5.41) is 0. The summed E-state index contributed by atoms with van der Waals surface area (Å²) in [5.41, 5.74) is 4.69. The minimum Gasteiger partial charge on any atom is -0.341 e. The van der Waals surface area contributed by atoms with E-state index >= 15 is 0 Å². The summed E-state index contributed by atoms with van der Waals surface area (Å²) in [6, 6.07) is 19.4. The van der Waals surface area contributed by atoms with Gasteiger partial charge in [-0.1, -0.05) is 54.1 Å². The minimum atomic E-state index is -0.342. The van der Waals surface area contributed by atoms with Gasteiger partial charge < -0.3 is 14.8 Å². The molecule has 0 aliphatic carbocycles. The van der Waals surface area contributed by atoms with Crippen LogP contribution < -0.4 is 5.56 Å². The Kier molecular flexibility index (Phi) is 6.73. The summed E-state index contributed by atoms with van der Waals surface area (Å²) in [4.78, 5) is 44.0. The van der Waals surface area contributed by atoms with Crippen molar-refractivity contribution in [3.8, 4) is 11.1 Å². The number of pyridine rings is 1. The summed E-state index contributed by atoms with van der Waals surface area (Å²) in [6.07, 6.45) is 1.99. The average Bonchev–Trinajstić information content (AvgIpc) is 2.99. The number of aromatic nitrogens is 1. The Morgan fingerprint density at radius 3 is 2.45 bits per heavy atom. The highest BCUT2D eigenvalue weighted by atomic mass is 16.2. The molecule has 1 fully saturated rings. The second-order valence-electron chi connectivity index (χ2n) is 8.53. The van der Waals surface area contributed by atoms with Crippen molar-refractivity contribution in [3.05, 3.63) is 93.9 Å². The monoisotopic (exact) mass is 443 g/mol. The fraction of sp³-hybridized carbons (Fsp3) is 0.296. The minimum absolute atomic E-state index is 0.0768. The number of likely N-dealkylation sites (N-methyl/N-ethyl adjacent to an activating group) is 1. The van der Waals surface area contributed by atoms with Gasteiger partial charge in [0, 0.05) is 38.4 Å². The molecule has 33 heavy (non-hydrogen) atoms. The van der Waals surface area contributed by atoms with Gasteiger partial charge >= 0.3 is 0 Å². The first kappa shape index (κ1) is 22.5. The standard InChI is InChI=1S/C27H29N3O3/c1-3-29-14-15-30(26(32)22-12-13-25(31)28-17-22)18-23(27(29)33)16-21-6-4-5-7-24(21)20-10-8-19(2)9-11-20/h4-13,17,23H,3,14-16,18H2,1-2H3,(H,28,31)/t23-/m0/s1. The molecule has 0 unspecified atom stereocenters. The topological polar surface area (TPSA) is 73.5 Å². The van der Waals surface area contributed by atoms with E-state index in [1.807, 2.05) is 24.0 Å². The fourth-order valence-corrected chi connectivity index (χ4v) is 4.40. The number of hydrogen-bond acceptors (Lipinski definition) is 3. The van der Waals surface area contributed by atoms with E-state index in [0.717, 1.165) is 16.7 Å². The Morgan fingerprint density at radius 2 is 1.76 bits per heavy atom. The van der Waals surface area contributed by atoms with Crippen molar-refractivity contribution in [1.29, 1.82) is 0 Å². The molecule has 0 radical (unpaired) electrons. The van der Waals surface area contributed by atoms with Crippen LogP contribution in [0.5, 0.6) is 0 Å². The Labute approximate surface area is 193 Å². The molecule has 6 heteroatoms. The average molecular weight is 444 g/mol. The first-order chi connectivity index (χ1) is 16.0. The highest BCUT2D eigenvalue weighted by Crippen LogP contribution is 2.28. The molecule has 0 bridgehead atoms. The fourth-order valence-electron chi connectivity index (χ4n) is 4.40. The maximum atomic E-state index is 13.4. The molecule has 1 atom stereocenters. The Balaban J connectivity index is 1.63. The first-order valence-corrected chi connectivity index (χ1v) is 11.4. The van der Waals surface area contributed by atoms with Crippen molar-refractivity contribution in [3.63, 3.8) is 0 Å². The maximum absolute atomic E-state index is 13.4. The molecule has 2 heterocycles. The summed E-state index contributed by atoms with van der Waals surface area (Å²) in [5.74, 6) is -0.437. The van der Waals surface area contributed by atoms with Crippen LogP contribution in [0, 0.1) is 12.8 Å². The number of rotatable bonds is 5. The van der Waals surface area contributed by atoms with Crippen LogP contribution in [0.3, 0.4) is 0 Å². The Hall–Kier alpha value is -3.67. The largest absolute Gasteiger partial charge is 0.341 e. The molecule has 6 nitrogen and oxygen atoms in total. The van der Waals surface area contributed by atoms with Crippen LogP contribution in [-0.4, -0.2) is 52.8 Å². The second kappa shape index (κ2) is 9.86. The van der Waals surface area contributed by atoms with Crippen LogP contribution in [0.15, 0.2) is 71.7 Å². The predicted octanol–water partition coefficient (Wildman–Crippen LogP) is 3.51. The molecule has 2 amide bonds. The Morgan fingerprint density at radius 1 is 1.00 bits per heavy atom. The van der Waals surface area contributed by atoms with E-state index in [2.05, 4.69) is 48.3 Å². The van der Waals surface area contributed by atoms with Crippen molar-refractivity contribution in [2.24, 2.45) is 5.92 Å². The molecular weight excluding hydrogens is 414 g/mol. The van der Waals surface area contributed by atoms with E-state index in [-0.39, 0.29) is 23.3 Å². The summed E-state index contributed by atoms with van der Waals surface area (Å²) >= 11 is 0. The molecule has 1 aliphatic rings. The number of amides is 2. The Bertz CT molecular complexity index is 1180. The van der Waals surface area contributed by atoms with E-state index < -0.39 is 0 Å². The number of benzene rings is 2. The summed E-state index contributed by atoms with van der Waals surface area (Å²) in [6.45, 7) is 5.95. The van der Waals surface area contributed by atoms with Gasteiger partial charge in [-0.15, -0.1) is 0 Å². The molecule has 1 saturated heterocycles. The lowest BCUT2D eigenvalue weighted by atomic mass is 9.91. The third-order valence-electron chi connectivity index (χ3n) is 6.29. The summed E-state index contributed by atoms with van der Waals surface area (Å²) < 4.78 is 0. The molecule has 3 aromatic rings. The van der Waals surface area contributed by atoms with Crippen molar-refractivity contribution >= 4 is 11.8 Å². The maximum Gasteiger partial charge on any atom is 0.255 e. The molecule has 1 aromatic heterocycles. The van der Waals surface area contributed by atoms with Gasteiger partial charge in [-0.2, -0.15) is 0 Å². The zero-order valence-corrected chi connectivity index (χ0v) is 19.1. The quantitative estimate of drug-likeness (QED) is 0.656. The molecular formula is C27H29N3O3. The van der Waals surface area contributed by atoms with Gasteiger partial charge in [0.05, 0.1) is 11.5 Å². The smallest absolute Gasteiger partial charge is 0.255 e. The third-order valence-corrected chi connectivity index (χ3v) is 6.29. The molecule has 4 rings (SSSR count). The van der Waals surface area contributed by atoms with Crippen molar-refractivity contribution in [1.82, 2.24) is 14.8 Å². The van der Waals surface area contributed by atoms with Gasteiger partial charge in [0.2, 0.25) is 11.5 Å². The highest BCUT2D eigenvalue weighted by Gasteiger charge is 2.32. The number of aromatic amines is 1. The van der Waals surface area contributed by atoms with Gasteiger partial charge in [0.15, 0.2) is 0 Å². The van der Waals surface area contributed by atoms with Crippen LogP contribution in [-0.2, 0) is 11.2 Å². The number of carbonyl (C=O) groups is 2. The number of nitrogens with one attached hydrogen (secondary N) is 1. The molecule has 2 aromatic carbocycles. The SMILES string of the molecule is CCN1CCN(C(=O)c2ccc(=O)[nH]c2)C[C@H](Cc2ccccc2-c2ccc(C)cc2)C1=O. The lowest BCUT2D eigenvalue weighted by Crippen LogP contribution is -2.38. The molecule has 170 valence electrons. The van der Waals surface area contributed by atoms with Crippen LogP contribution in [0.1, 0.15) is 28.4 Å². The van der Waals surface area contributed by atoms with E-state index in [1.54, 1.807) is 4.90 Å². The number of hydrogen-bond donors (Lipinski definition) is 1. The molecule has 1 N–H and O–H groups in total. The van der Waals surface area contributed by atoms with Gasteiger partial charge in [0.1, 0.15) is 0 Å². The lowest BCUT2D eigenvalue weighted by Gasteiger charge is -2.24. The van der Waals surface area contributed by atoms with Crippen molar-refractivity contribution in [2.75, 3.05) is 26.2 Å². The van der Waals surface area contributed by atoms with Crippen LogP contribution in [0.2, 0.25) is 0 Å². The highest BCUT2D eigenvalue weighted by molar-refractivity contribution is 5.94. The first-order valence-electron chi connectivity index (χ1n) is 11.4. The van der Waals surface area contributed by atoms with Crippen LogP contribution in [0.25, 0.3) is 11.1 Å². The number of carbonyl (C=O) groups excluding carboxylic acids is 2. The molecule has 1 aliphatic heterocycles. The van der Waals surface area contributed by atoms with Gasteiger partial charge in [-0.05, 0) is 43.0 Å². The molecule has 0 spiro atoms. The zero-order chi connectivity index (χ0) is 23.4. The van der Waals surface area contributed by atoms with Crippen molar-refractivity contribution in [2.45, 2.75) is 20.3 Å². The third kappa shape index (κ3) is 5.06. The van der Waals surface area contributed by atoms with E-state index in [1.165, 1.54) is 23.9 Å². The lowest BCUT2D eigenvalue weighted by molar-refractivity contribution is -0.134. The van der Waals surface area contributed by atoms with Gasteiger partial charge in [-0.25, -0.2) is 0 Å². The van der Waals surface area contributed by atoms with Crippen LogP contribution >= 0.6 is 0 Å². The predicted molar refractivity (Wildman–Crippen MR) is 129 cm³/mol. The normalized spacial score (nSPS) is 16.5. The summed E-state index contributed by atoms with van der Waals surface area (Å²) in [7, 11) is 0. The van der Waals surface area contributed by atoms with Gasteiger partial charge in [0.25, 0.3) is 5.91 Å². The van der Waals surface area contributed by atoms with Crippen molar-refractivity contribution < 1.29 is 9.59 Å². The number of nitrogens with zero attached hydrogens (tertiary/aromatic N) is 2. The molecule has 0 saturated carbocycles. The van der Waals surface area contributed by atoms with E-state index in [0.29, 0.717) is 38.2 Å². The number of H-pyrrole nitrogens is 1. The second-order valence-corrected chi connectivity index (χ2v) is 8.53. The van der Waals surface area contributed by atoms with Crippen LogP contribution in [0.4, 0.5) is 0 Å². The zero-order valence-electron chi connectivity index (χ0n) is 19.1. The van der Waals surface area contributed by atoms with E-state index in [4.69, 9.17) is 0 Å².